The van der Waals surface area contributed by atoms with Crippen molar-refractivity contribution in [2.45, 2.75) is 32.4 Å². The second-order valence-electron chi connectivity index (χ2n) is 5.29. The molecular formula is C16H20N4O. The van der Waals surface area contributed by atoms with Gasteiger partial charge in [0, 0.05) is 31.6 Å². The molecule has 2 aromatic heterocycles. The number of hydrogen-bond donors (Lipinski definition) is 1. The molecule has 3 rings (SSSR count). The Morgan fingerprint density at radius 1 is 1.24 bits per heavy atom. The Morgan fingerprint density at radius 2 is 2.05 bits per heavy atom. The monoisotopic (exact) mass is 284 g/mol. The zero-order chi connectivity index (χ0) is 14.8. The van der Waals surface area contributed by atoms with E-state index in [4.69, 9.17) is 0 Å². The van der Waals surface area contributed by atoms with Crippen molar-refractivity contribution in [2.75, 3.05) is 0 Å². The van der Waals surface area contributed by atoms with Gasteiger partial charge in [0.2, 0.25) is 0 Å². The zero-order valence-corrected chi connectivity index (χ0v) is 12.4. The van der Waals surface area contributed by atoms with Crippen LogP contribution in [0.4, 0.5) is 0 Å². The lowest BCUT2D eigenvalue weighted by molar-refractivity contribution is 0.165. The minimum absolute atomic E-state index is 0.497. The van der Waals surface area contributed by atoms with Crippen LogP contribution >= 0.6 is 0 Å². The lowest BCUT2D eigenvalue weighted by Gasteiger charge is -2.12. The smallest absolute Gasteiger partial charge is 0.101 e. The quantitative estimate of drug-likeness (QED) is 0.783. The van der Waals surface area contributed by atoms with Crippen LogP contribution in [0.2, 0.25) is 0 Å². The summed E-state index contributed by atoms with van der Waals surface area (Å²) in [5.41, 5.74) is 2.86. The fourth-order valence-electron chi connectivity index (χ4n) is 2.75. The molecule has 0 saturated heterocycles. The molecule has 0 saturated carbocycles. The summed E-state index contributed by atoms with van der Waals surface area (Å²) < 4.78 is 3.73. The van der Waals surface area contributed by atoms with Gasteiger partial charge < -0.3 is 5.11 Å². The van der Waals surface area contributed by atoms with Crippen LogP contribution in [-0.2, 0) is 20.0 Å². The fourth-order valence-corrected chi connectivity index (χ4v) is 2.75. The first-order valence-electron chi connectivity index (χ1n) is 7.31. The van der Waals surface area contributed by atoms with E-state index in [2.05, 4.69) is 17.1 Å². The van der Waals surface area contributed by atoms with Crippen LogP contribution in [0.3, 0.4) is 0 Å². The number of hydrogen-bond acceptors (Lipinski definition) is 3. The van der Waals surface area contributed by atoms with E-state index in [-0.39, 0.29) is 0 Å². The summed E-state index contributed by atoms with van der Waals surface area (Å²) in [4.78, 5) is 0. The molecule has 5 nitrogen and oxygen atoms in total. The number of rotatable bonds is 5. The van der Waals surface area contributed by atoms with Crippen LogP contribution in [0, 0.1) is 0 Å². The van der Waals surface area contributed by atoms with Crippen LogP contribution in [0.25, 0.3) is 10.9 Å². The van der Waals surface area contributed by atoms with Gasteiger partial charge >= 0.3 is 0 Å². The highest BCUT2D eigenvalue weighted by Gasteiger charge is 2.17. The lowest BCUT2D eigenvalue weighted by Crippen LogP contribution is -2.11. The van der Waals surface area contributed by atoms with Crippen molar-refractivity contribution < 1.29 is 5.11 Å². The highest BCUT2D eigenvalue weighted by atomic mass is 16.3. The maximum atomic E-state index is 10.5. The number of aryl methyl sites for hydroxylation is 2. The van der Waals surface area contributed by atoms with E-state index in [1.54, 1.807) is 6.20 Å². The molecule has 1 N–H and O–H groups in total. The molecule has 0 bridgehead atoms. The van der Waals surface area contributed by atoms with E-state index in [0.717, 1.165) is 35.3 Å². The van der Waals surface area contributed by atoms with Gasteiger partial charge in [-0.15, -0.1) is 0 Å². The molecule has 0 amide bonds. The second-order valence-corrected chi connectivity index (χ2v) is 5.29. The number of nitrogens with zero attached hydrogens (tertiary/aromatic N) is 4. The SMILES string of the molecule is CCCn1nccc1C(O)Cc1nn(C)c2ccccc12. The Balaban J connectivity index is 1.89. The molecule has 0 aliphatic heterocycles. The van der Waals surface area contributed by atoms with Crippen molar-refractivity contribution in [2.24, 2.45) is 7.05 Å². The Labute approximate surface area is 123 Å². The second kappa shape index (κ2) is 5.69. The molecule has 1 unspecified atom stereocenters. The van der Waals surface area contributed by atoms with E-state index in [1.165, 1.54) is 0 Å². The summed E-state index contributed by atoms with van der Waals surface area (Å²) in [7, 11) is 1.93. The summed E-state index contributed by atoms with van der Waals surface area (Å²) in [6, 6.07) is 9.97. The standard InChI is InChI=1S/C16H20N4O/c1-3-10-20-15(8-9-17-20)16(21)11-13-12-6-4-5-7-14(12)19(2)18-13/h4-9,16,21H,3,10-11H2,1-2H3. The fraction of sp³-hybridized carbons (Fsp3) is 0.375. The molecule has 1 atom stereocenters. The van der Waals surface area contributed by atoms with Crippen molar-refractivity contribution in [3.05, 3.63) is 47.9 Å². The molecule has 0 radical (unpaired) electrons. The first kappa shape index (κ1) is 13.8. The molecule has 110 valence electrons. The minimum atomic E-state index is -0.586. The van der Waals surface area contributed by atoms with Crippen LogP contribution in [0.15, 0.2) is 36.5 Å². The van der Waals surface area contributed by atoms with E-state index >= 15 is 0 Å². The Morgan fingerprint density at radius 3 is 2.86 bits per heavy atom. The summed E-state index contributed by atoms with van der Waals surface area (Å²) >= 11 is 0. The Bertz CT molecular complexity index is 744. The summed E-state index contributed by atoms with van der Waals surface area (Å²) in [6.45, 7) is 2.92. The van der Waals surface area contributed by atoms with Crippen LogP contribution < -0.4 is 0 Å². The number of benzene rings is 1. The Hall–Kier alpha value is -2.14. The van der Waals surface area contributed by atoms with Gasteiger partial charge in [0.25, 0.3) is 0 Å². The van der Waals surface area contributed by atoms with Gasteiger partial charge in [0.15, 0.2) is 0 Å². The predicted molar refractivity (Wildman–Crippen MR) is 81.9 cm³/mol. The molecule has 0 fully saturated rings. The largest absolute Gasteiger partial charge is 0.386 e. The molecule has 0 aliphatic carbocycles. The average Bonchev–Trinajstić information content (AvgIpc) is 3.06. The number of fused-ring (bicyclic) bond motifs is 1. The van der Waals surface area contributed by atoms with Crippen molar-refractivity contribution in [3.63, 3.8) is 0 Å². The van der Waals surface area contributed by atoms with Crippen molar-refractivity contribution in [3.8, 4) is 0 Å². The zero-order valence-electron chi connectivity index (χ0n) is 12.4. The third-order valence-electron chi connectivity index (χ3n) is 3.75. The third-order valence-corrected chi connectivity index (χ3v) is 3.75. The first-order valence-corrected chi connectivity index (χ1v) is 7.31. The lowest BCUT2D eigenvalue weighted by atomic mass is 10.1. The highest BCUT2D eigenvalue weighted by Crippen LogP contribution is 2.23. The van der Waals surface area contributed by atoms with E-state index in [9.17, 15) is 5.11 Å². The molecule has 5 heteroatoms. The normalized spacial score (nSPS) is 12.9. The van der Waals surface area contributed by atoms with Crippen LogP contribution in [0.1, 0.15) is 30.8 Å². The van der Waals surface area contributed by atoms with Gasteiger partial charge in [0.05, 0.1) is 16.9 Å². The van der Waals surface area contributed by atoms with Gasteiger partial charge in [0.1, 0.15) is 6.10 Å². The maximum absolute atomic E-state index is 10.5. The first-order chi connectivity index (χ1) is 10.2. The molecule has 21 heavy (non-hydrogen) atoms. The summed E-state index contributed by atoms with van der Waals surface area (Å²) in [5, 5.41) is 20.4. The molecular weight excluding hydrogens is 264 g/mol. The van der Waals surface area contributed by atoms with Crippen LogP contribution in [-0.4, -0.2) is 24.7 Å². The predicted octanol–water partition coefficient (Wildman–Crippen LogP) is 2.46. The number of aliphatic hydroxyl groups is 1. The van der Waals surface area contributed by atoms with E-state index in [1.807, 2.05) is 46.7 Å². The van der Waals surface area contributed by atoms with E-state index < -0.39 is 6.10 Å². The van der Waals surface area contributed by atoms with Gasteiger partial charge in [-0.3, -0.25) is 9.36 Å². The van der Waals surface area contributed by atoms with E-state index in [0.29, 0.717) is 6.42 Å². The number of aromatic nitrogens is 4. The highest BCUT2D eigenvalue weighted by molar-refractivity contribution is 5.81. The minimum Gasteiger partial charge on any atom is -0.386 e. The molecule has 0 spiro atoms. The summed E-state index contributed by atoms with van der Waals surface area (Å²) in [6.07, 6.45) is 2.65. The maximum Gasteiger partial charge on any atom is 0.101 e. The van der Waals surface area contributed by atoms with Gasteiger partial charge in [-0.25, -0.2) is 0 Å². The molecule has 0 aliphatic rings. The topological polar surface area (TPSA) is 55.9 Å². The number of aliphatic hydroxyl groups excluding tert-OH is 1. The average molecular weight is 284 g/mol. The van der Waals surface area contributed by atoms with Crippen molar-refractivity contribution in [1.29, 1.82) is 0 Å². The molecule has 1 aromatic carbocycles. The third kappa shape index (κ3) is 2.56. The van der Waals surface area contributed by atoms with Crippen molar-refractivity contribution >= 4 is 10.9 Å². The number of para-hydroxylation sites is 1. The summed E-state index contributed by atoms with van der Waals surface area (Å²) in [5.74, 6) is 0. The van der Waals surface area contributed by atoms with Gasteiger partial charge in [-0.2, -0.15) is 10.2 Å². The van der Waals surface area contributed by atoms with Crippen molar-refractivity contribution in [1.82, 2.24) is 19.6 Å². The van der Waals surface area contributed by atoms with Gasteiger partial charge in [-0.05, 0) is 18.6 Å². The molecule has 3 aromatic rings. The molecule has 2 heterocycles. The van der Waals surface area contributed by atoms with Crippen LogP contribution in [0.5, 0.6) is 0 Å². The van der Waals surface area contributed by atoms with Gasteiger partial charge in [-0.1, -0.05) is 25.1 Å². The Kier molecular flexibility index (Phi) is 3.75.